The van der Waals surface area contributed by atoms with E-state index in [9.17, 15) is 9.18 Å². The summed E-state index contributed by atoms with van der Waals surface area (Å²) in [6.07, 6.45) is 1.14. The molecule has 0 radical (unpaired) electrons. The normalized spacial score (nSPS) is 20.4. The molecule has 2 aliphatic rings. The Labute approximate surface area is 182 Å². The second-order valence-electron chi connectivity index (χ2n) is 9.15. The van der Waals surface area contributed by atoms with Crippen molar-refractivity contribution in [3.63, 3.8) is 0 Å². The van der Waals surface area contributed by atoms with Crippen molar-refractivity contribution in [3.8, 4) is 11.1 Å². The van der Waals surface area contributed by atoms with Gasteiger partial charge < -0.3 is 9.47 Å². The number of nitrogens with zero attached hydrogens (tertiary/aromatic N) is 3. The summed E-state index contributed by atoms with van der Waals surface area (Å²) >= 11 is 0. The molecule has 31 heavy (non-hydrogen) atoms. The number of likely N-dealkylation sites (tertiary alicyclic amines) is 1. The van der Waals surface area contributed by atoms with E-state index in [0.29, 0.717) is 11.8 Å². The molecule has 0 N–H and O–H groups in total. The molecule has 5 heteroatoms. The minimum atomic E-state index is -0.195. The first-order chi connectivity index (χ1) is 15.0. The Morgan fingerprint density at radius 2 is 1.68 bits per heavy atom. The summed E-state index contributed by atoms with van der Waals surface area (Å²) in [5, 5.41) is 0. The van der Waals surface area contributed by atoms with Gasteiger partial charge in [0.2, 0.25) is 0 Å². The van der Waals surface area contributed by atoms with E-state index in [0.717, 1.165) is 60.7 Å². The van der Waals surface area contributed by atoms with Crippen LogP contribution in [0.15, 0.2) is 65.5 Å². The molecule has 160 valence electrons. The quantitative estimate of drug-likeness (QED) is 0.632. The van der Waals surface area contributed by atoms with Gasteiger partial charge in [-0.15, -0.1) is 0 Å². The summed E-state index contributed by atoms with van der Waals surface area (Å²) in [5.41, 5.74) is 5.28. The average molecular weight is 418 g/mol. The standard InChI is InChI=1S/C26H28FN3O/c1-28(2)23-9-5-20(6-10-23)24-11-12-25-21-13-19(16-30(25)26(24)31)15-29(17-21)14-18-3-7-22(27)8-4-18/h3-12,19,21H,13-17H2,1-2H3/t19-,21+/m0/s1. The first kappa shape index (κ1) is 20.0. The van der Waals surface area contributed by atoms with E-state index in [1.165, 1.54) is 12.1 Å². The number of rotatable bonds is 4. The van der Waals surface area contributed by atoms with E-state index in [1.54, 1.807) is 0 Å². The molecule has 2 aromatic carbocycles. The van der Waals surface area contributed by atoms with Gasteiger partial charge in [-0.25, -0.2) is 4.39 Å². The lowest BCUT2D eigenvalue weighted by Crippen LogP contribution is -2.46. The number of piperidine rings is 1. The lowest BCUT2D eigenvalue weighted by molar-refractivity contribution is 0.114. The highest BCUT2D eigenvalue weighted by Crippen LogP contribution is 2.36. The molecular formula is C26H28FN3O. The third-order valence-corrected chi connectivity index (χ3v) is 6.69. The van der Waals surface area contributed by atoms with Crippen molar-refractivity contribution in [2.45, 2.75) is 25.4 Å². The molecule has 1 saturated heterocycles. The van der Waals surface area contributed by atoms with Crippen LogP contribution >= 0.6 is 0 Å². The van der Waals surface area contributed by atoms with Crippen LogP contribution in [0, 0.1) is 11.7 Å². The van der Waals surface area contributed by atoms with Crippen molar-refractivity contribution in [1.29, 1.82) is 0 Å². The van der Waals surface area contributed by atoms with Crippen LogP contribution < -0.4 is 10.5 Å². The van der Waals surface area contributed by atoms with E-state index in [1.807, 2.05) is 49.0 Å². The number of pyridine rings is 1. The molecule has 4 nitrogen and oxygen atoms in total. The number of benzene rings is 2. The molecule has 3 aromatic rings. The van der Waals surface area contributed by atoms with Crippen LogP contribution in [0.25, 0.3) is 11.1 Å². The molecule has 0 amide bonds. The number of hydrogen-bond donors (Lipinski definition) is 0. The number of anilines is 1. The van der Waals surface area contributed by atoms with E-state index in [2.05, 4.69) is 28.0 Å². The fourth-order valence-electron chi connectivity index (χ4n) is 5.18. The Morgan fingerprint density at radius 3 is 2.39 bits per heavy atom. The third kappa shape index (κ3) is 3.90. The maximum atomic E-state index is 13.4. The second-order valence-corrected chi connectivity index (χ2v) is 9.15. The predicted octanol–water partition coefficient (Wildman–Crippen LogP) is 4.34. The van der Waals surface area contributed by atoms with Gasteiger partial charge >= 0.3 is 0 Å². The van der Waals surface area contributed by atoms with Gasteiger partial charge in [-0.05, 0) is 59.9 Å². The topological polar surface area (TPSA) is 28.5 Å². The Morgan fingerprint density at radius 1 is 0.935 bits per heavy atom. The largest absolute Gasteiger partial charge is 0.378 e. The van der Waals surface area contributed by atoms with Crippen molar-refractivity contribution in [2.24, 2.45) is 5.92 Å². The number of fused-ring (bicyclic) bond motifs is 4. The minimum Gasteiger partial charge on any atom is -0.378 e. The Bertz CT molecular complexity index is 1130. The van der Waals surface area contributed by atoms with Gasteiger partial charge in [0.1, 0.15) is 5.82 Å². The van der Waals surface area contributed by atoms with Crippen molar-refractivity contribution >= 4 is 5.69 Å². The minimum absolute atomic E-state index is 0.122. The Kier molecular flexibility index (Phi) is 5.14. The molecule has 3 heterocycles. The molecule has 1 aromatic heterocycles. The van der Waals surface area contributed by atoms with E-state index in [4.69, 9.17) is 0 Å². The summed E-state index contributed by atoms with van der Waals surface area (Å²) in [4.78, 5) is 17.9. The molecule has 1 fully saturated rings. The molecule has 0 unspecified atom stereocenters. The molecule has 5 rings (SSSR count). The van der Waals surface area contributed by atoms with Crippen LogP contribution in [0.3, 0.4) is 0 Å². The van der Waals surface area contributed by atoms with Crippen molar-refractivity contribution in [3.05, 3.63) is 88.1 Å². The second kappa shape index (κ2) is 7.97. The lowest BCUT2D eigenvalue weighted by atomic mass is 9.82. The molecule has 2 bridgehead atoms. The maximum Gasteiger partial charge on any atom is 0.258 e. The van der Waals surface area contributed by atoms with Gasteiger partial charge in [-0.2, -0.15) is 0 Å². The van der Waals surface area contributed by atoms with Crippen molar-refractivity contribution in [1.82, 2.24) is 9.47 Å². The van der Waals surface area contributed by atoms with Crippen LogP contribution in [-0.4, -0.2) is 36.7 Å². The molecule has 0 saturated carbocycles. The predicted molar refractivity (Wildman–Crippen MR) is 123 cm³/mol. The van der Waals surface area contributed by atoms with Gasteiger partial charge in [0.05, 0.1) is 0 Å². The van der Waals surface area contributed by atoms with Crippen LogP contribution in [0.2, 0.25) is 0 Å². The third-order valence-electron chi connectivity index (χ3n) is 6.69. The summed E-state index contributed by atoms with van der Waals surface area (Å²) in [6.45, 7) is 3.51. The van der Waals surface area contributed by atoms with Crippen molar-refractivity contribution < 1.29 is 4.39 Å². The van der Waals surface area contributed by atoms with Crippen LogP contribution in [-0.2, 0) is 13.1 Å². The monoisotopic (exact) mass is 417 g/mol. The highest BCUT2D eigenvalue weighted by atomic mass is 19.1. The number of hydrogen-bond acceptors (Lipinski definition) is 3. The Hall–Kier alpha value is -2.92. The van der Waals surface area contributed by atoms with E-state index in [-0.39, 0.29) is 11.4 Å². The van der Waals surface area contributed by atoms with E-state index < -0.39 is 0 Å². The molecule has 2 atom stereocenters. The smallest absolute Gasteiger partial charge is 0.258 e. The fraction of sp³-hybridized carbons (Fsp3) is 0.346. The molecular weight excluding hydrogens is 389 g/mol. The van der Waals surface area contributed by atoms with Gasteiger partial charge in [0.25, 0.3) is 5.56 Å². The molecule has 0 spiro atoms. The average Bonchev–Trinajstić information content (AvgIpc) is 2.76. The summed E-state index contributed by atoms with van der Waals surface area (Å²) in [7, 11) is 4.03. The van der Waals surface area contributed by atoms with Crippen LogP contribution in [0.5, 0.6) is 0 Å². The first-order valence-electron chi connectivity index (χ1n) is 11.0. The first-order valence-corrected chi connectivity index (χ1v) is 11.0. The SMILES string of the molecule is CN(C)c1ccc(-c2ccc3n(c2=O)C[C@H]2C[C@@H]3CN(Cc3ccc(F)cc3)C2)cc1. The van der Waals surface area contributed by atoms with Crippen LogP contribution in [0.4, 0.5) is 10.1 Å². The number of halogens is 1. The van der Waals surface area contributed by atoms with Gasteiger partial charge in [-0.1, -0.05) is 24.3 Å². The van der Waals surface area contributed by atoms with Crippen molar-refractivity contribution in [2.75, 3.05) is 32.1 Å². The Balaban J connectivity index is 1.40. The maximum absolute atomic E-state index is 13.4. The highest BCUT2D eigenvalue weighted by molar-refractivity contribution is 5.65. The highest BCUT2D eigenvalue weighted by Gasteiger charge is 2.34. The van der Waals surface area contributed by atoms with Gasteiger partial charge in [0.15, 0.2) is 0 Å². The molecule has 2 aliphatic heterocycles. The van der Waals surface area contributed by atoms with Gasteiger partial charge in [0, 0.05) is 63.1 Å². The van der Waals surface area contributed by atoms with Crippen LogP contribution in [0.1, 0.15) is 23.6 Å². The van der Waals surface area contributed by atoms with E-state index >= 15 is 0 Å². The zero-order valence-corrected chi connectivity index (χ0v) is 18.1. The fourth-order valence-corrected chi connectivity index (χ4v) is 5.18. The summed E-state index contributed by atoms with van der Waals surface area (Å²) in [5.74, 6) is 0.640. The molecule has 0 aliphatic carbocycles. The summed E-state index contributed by atoms with van der Waals surface area (Å²) < 4.78 is 15.2. The zero-order valence-electron chi connectivity index (χ0n) is 18.1. The lowest BCUT2D eigenvalue weighted by Gasteiger charge is -2.43. The number of aromatic nitrogens is 1. The summed E-state index contributed by atoms with van der Waals surface area (Å²) in [6, 6.07) is 19.1. The van der Waals surface area contributed by atoms with Gasteiger partial charge in [-0.3, -0.25) is 9.69 Å². The zero-order chi connectivity index (χ0) is 21.5.